The number of benzene rings is 2. The van der Waals surface area contributed by atoms with Gasteiger partial charge in [0.1, 0.15) is 0 Å². The lowest BCUT2D eigenvalue weighted by Crippen LogP contribution is -2.01. The molecule has 0 spiro atoms. The molecule has 0 aliphatic carbocycles. The topological polar surface area (TPSA) is 38.8 Å². The highest BCUT2D eigenvalue weighted by Crippen LogP contribution is 2.34. The first-order valence-electron chi connectivity index (χ1n) is 5.74. The molecule has 0 saturated heterocycles. The number of hydrogen-bond acceptors (Lipinski definition) is 2. The Labute approximate surface area is 130 Å². The zero-order valence-corrected chi connectivity index (χ0v) is 11.1. The van der Waals surface area contributed by atoms with Crippen LogP contribution in [0.2, 0.25) is 0 Å². The molecule has 0 amide bonds. The Hall–Kier alpha value is -2.86. The quantitative estimate of drug-likeness (QED) is 0.214. The van der Waals surface area contributed by atoms with E-state index in [1.165, 1.54) is 0 Å². The molecule has 134 valence electrons. The Kier molecular flexibility index (Phi) is 4.85. The molecule has 25 heavy (non-hydrogen) atoms. The average Bonchev–Trinajstić information content (AvgIpc) is 2.60. The summed E-state index contributed by atoms with van der Waals surface area (Å²) in [6, 6.07) is 0. The Morgan fingerprint density at radius 2 is 0.760 bits per heavy atom. The van der Waals surface area contributed by atoms with Crippen LogP contribution in [0.1, 0.15) is 0 Å². The first-order chi connectivity index (χ1) is 11.6. The molecule has 2 rings (SSSR count). The maximum absolute atomic E-state index is 13.2. The molecule has 2 aromatic rings. The lowest BCUT2D eigenvalue weighted by molar-refractivity contribution is 0.380. The van der Waals surface area contributed by atoms with E-state index >= 15 is 0 Å². The van der Waals surface area contributed by atoms with Crippen molar-refractivity contribution in [2.75, 3.05) is 0 Å². The van der Waals surface area contributed by atoms with Crippen LogP contribution in [0.25, 0.3) is 5.43 Å². The van der Waals surface area contributed by atoms with Crippen molar-refractivity contribution in [1.29, 1.82) is 0 Å². The van der Waals surface area contributed by atoms with Crippen molar-refractivity contribution >= 4 is 11.4 Å². The van der Waals surface area contributed by atoms with Gasteiger partial charge in [0.25, 0.3) is 0 Å². The zero-order valence-electron chi connectivity index (χ0n) is 11.1. The van der Waals surface area contributed by atoms with Crippen molar-refractivity contribution in [3.8, 4) is 0 Å². The highest BCUT2D eigenvalue weighted by atomic mass is 19.2. The number of hydrogen-bond donors (Lipinski definition) is 0. The van der Waals surface area contributed by atoms with Crippen LogP contribution in [0.3, 0.4) is 0 Å². The highest BCUT2D eigenvalue weighted by Gasteiger charge is 2.24. The fourth-order valence-electron chi connectivity index (χ4n) is 1.47. The maximum Gasteiger partial charge on any atom is 0.200 e. The van der Waals surface area contributed by atoms with Crippen molar-refractivity contribution < 1.29 is 43.9 Å². The molecule has 0 unspecified atom stereocenters. The third-order valence-electron chi connectivity index (χ3n) is 2.66. The van der Waals surface area contributed by atoms with E-state index in [4.69, 9.17) is 0 Å². The van der Waals surface area contributed by atoms with Gasteiger partial charge in [-0.3, -0.25) is 5.22 Å². The van der Waals surface area contributed by atoms with E-state index in [1.54, 1.807) is 0 Å². The van der Waals surface area contributed by atoms with Gasteiger partial charge in [0, 0.05) is 0 Å². The molecule has 0 atom stereocenters. The van der Waals surface area contributed by atoms with Crippen LogP contribution >= 0.6 is 0 Å². The van der Waals surface area contributed by atoms with E-state index in [9.17, 15) is 43.9 Å². The van der Waals surface area contributed by atoms with Gasteiger partial charge in [-0.2, -0.15) is 0 Å². The fraction of sp³-hybridized carbons (Fsp3) is 0. The van der Waals surface area contributed by atoms with Crippen LogP contribution in [0, 0.1) is 58.2 Å². The van der Waals surface area contributed by atoms with E-state index in [-0.39, 0.29) is 0 Å². The molecule has 0 fully saturated rings. The molecule has 0 bridgehead atoms. The van der Waals surface area contributed by atoms with E-state index in [2.05, 4.69) is 15.8 Å². The summed E-state index contributed by atoms with van der Waals surface area (Å²) in [6.07, 6.45) is 0. The summed E-state index contributed by atoms with van der Waals surface area (Å²) in [5.41, 5.74) is -1.35. The molecule has 0 radical (unpaired) electrons. The molecule has 0 heterocycles. The van der Waals surface area contributed by atoms with Crippen LogP contribution in [-0.4, -0.2) is 0 Å². The molecular weight excluding hydrogens is 376 g/mol. The maximum atomic E-state index is 13.2. The second kappa shape index (κ2) is 6.57. The molecule has 0 saturated carbocycles. The van der Waals surface area contributed by atoms with Crippen molar-refractivity contribution in [1.82, 2.24) is 0 Å². The highest BCUT2D eigenvalue weighted by molar-refractivity contribution is 5.51. The molecule has 0 aliphatic rings. The molecule has 0 aliphatic heterocycles. The first-order valence-corrected chi connectivity index (χ1v) is 5.74. The van der Waals surface area contributed by atoms with Gasteiger partial charge in [0.05, 0.1) is 11.4 Å². The predicted molar refractivity (Wildman–Crippen MR) is 60.0 cm³/mol. The van der Waals surface area contributed by atoms with E-state index in [1.807, 2.05) is 0 Å². The summed E-state index contributed by atoms with van der Waals surface area (Å²) in [6.45, 7) is 0. The summed E-state index contributed by atoms with van der Waals surface area (Å²) in [5, 5.41) is 4.77. The van der Waals surface area contributed by atoms with E-state index in [0.29, 0.717) is 0 Å². The lowest BCUT2D eigenvalue weighted by Gasteiger charge is -2.13. The third-order valence-corrected chi connectivity index (χ3v) is 2.66. The minimum absolute atomic E-state index is 1.89. The van der Waals surface area contributed by atoms with Crippen LogP contribution in [0.15, 0.2) is 10.3 Å². The monoisotopic (exact) mass is 376 g/mol. The molecule has 2 aromatic carbocycles. The summed E-state index contributed by atoms with van der Waals surface area (Å²) >= 11 is 0. The average molecular weight is 376 g/mol. The van der Waals surface area contributed by atoms with Crippen LogP contribution in [0.5, 0.6) is 0 Å². The van der Waals surface area contributed by atoms with Gasteiger partial charge in [-0.1, -0.05) is 0 Å². The van der Waals surface area contributed by atoms with Gasteiger partial charge < -0.3 is 10.5 Å². The zero-order chi connectivity index (χ0) is 19.0. The third kappa shape index (κ3) is 2.96. The molecule has 0 aromatic heterocycles. The SMILES string of the molecule is Fc1c(F)c(F)c(N=N[N-]c2c(F)c(F)c(F)c(F)c2F)c(F)c1F. The van der Waals surface area contributed by atoms with Crippen molar-refractivity contribution in [3.63, 3.8) is 0 Å². The Morgan fingerprint density at radius 1 is 0.440 bits per heavy atom. The van der Waals surface area contributed by atoms with Gasteiger partial charge in [-0.05, 0) is 0 Å². The van der Waals surface area contributed by atoms with Gasteiger partial charge in [0.15, 0.2) is 46.5 Å². The lowest BCUT2D eigenvalue weighted by atomic mass is 10.2. The van der Waals surface area contributed by atoms with Crippen molar-refractivity contribution in [2.45, 2.75) is 0 Å². The number of halogens is 10. The van der Waals surface area contributed by atoms with Gasteiger partial charge in [-0.25, -0.2) is 43.9 Å². The predicted octanol–water partition coefficient (Wildman–Crippen LogP) is 5.78. The summed E-state index contributed by atoms with van der Waals surface area (Å²) in [4.78, 5) is 0. The molecule has 3 nitrogen and oxygen atoms in total. The van der Waals surface area contributed by atoms with Crippen molar-refractivity contribution in [3.05, 3.63) is 63.6 Å². The standard InChI is InChI=1S/C12F10N3/c13-1-3(15)7(19)11(8(20)4(1)16)23-25-24-12-9(21)5(17)2(14)6(18)10(12)22/q-1. The number of nitrogens with zero attached hydrogens (tertiary/aromatic N) is 3. The summed E-state index contributed by atoms with van der Waals surface area (Å²) in [5.74, 6) is -24.4. The van der Waals surface area contributed by atoms with E-state index in [0.717, 1.165) is 0 Å². The second-order valence-corrected chi connectivity index (χ2v) is 4.13. The summed E-state index contributed by atoms with van der Waals surface area (Å²) < 4.78 is 130. The normalized spacial score (nSPS) is 11.4. The molecule has 13 heteroatoms. The first kappa shape index (κ1) is 18.5. The molecule has 0 N–H and O–H groups in total. The van der Waals surface area contributed by atoms with Crippen LogP contribution in [0.4, 0.5) is 55.3 Å². The molecular formula is C12F10N3-. The Bertz CT molecular complexity index is 838. The minimum atomic E-state index is -2.51. The number of rotatable bonds is 3. The minimum Gasteiger partial charge on any atom is -0.344 e. The second-order valence-electron chi connectivity index (χ2n) is 4.13. The van der Waals surface area contributed by atoms with Gasteiger partial charge in [-0.15, -0.1) is 0 Å². The van der Waals surface area contributed by atoms with Crippen molar-refractivity contribution in [2.24, 2.45) is 10.3 Å². The Balaban J connectivity index is 2.45. The van der Waals surface area contributed by atoms with E-state index < -0.39 is 69.5 Å². The Morgan fingerprint density at radius 3 is 1.16 bits per heavy atom. The largest absolute Gasteiger partial charge is 0.344 e. The van der Waals surface area contributed by atoms with Crippen LogP contribution < -0.4 is 0 Å². The van der Waals surface area contributed by atoms with Gasteiger partial charge >= 0.3 is 0 Å². The smallest absolute Gasteiger partial charge is 0.200 e. The summed E-state index contributed by atoms with van der Waals surface area (Å²) in [7, 11) is 0. The fourth-order valence-corrected chi connectivity index (χ4v) is 1.47. The van der Waals surface area contributed by atoms with Gasteiger partial charge in [0.2, 0.25) is 11.6 Å². The van der Waals surface area contributed by atoms with Crippen LogP contribution in [-0.2, 0) is 0 Å².